The van der Waals surface area contributed by atoms with Crippen LogP contribution in [0.15, 0.2) is 48.0 Å². The monoisotopic (exact) mass is 350 g/mol. The Labute approximate surface area is 149 Å². The maximum absolute atomic E-state index is 12.0. The largest absolute Gasteiger partial charge is 0.356 e. The van der Waals surface area contributed by atoms with Gasteiger partial charge in [-0.3, -0.25) is 4.79 Å². The first-order chi connectivity index (χ1) is 12.8. The van der Waals surface area contributed by atoms with Gasteiger partial charge in [0.05, 0.1) is 0 Å². The Morgan fingerprint density at radius 2 is 1.73 bits per heavy atom. The quantitative estimate of drug-likeness (QED) is 0.727. The van der Waals surface area contributed by atoms with Crippen LogP contribution in [0.25, 0.3) is 5.82 Å². The van der Waals surface area contributed by atoms with Gasteiger partial charge in [-0.05, 0) is 6.07 Å². The average molecular weight is 350 g/mol. The van der Waals surface area contributed by atoms with Crippen molar-refractivity contribution in [2.45, 2.75) is 0 Å². The van der Waals surface area contributed by atoms with Crippen molar-refractivity contribution in [2.75, 3.05) is 36.0 Å². The number of aromatic nitrogens is 6. The summed E-state index contributed by atoms with van der Waals surface area (Å²) in [4.78, 5) is 32.0. The summed E-state index contributed by atoms with van der Waals surface area (Å²) < 4.78 is 1.73. The second-order valence-electron chi connectivity index (χ2n) is 6.76. The molecule has 5 heterocycles. The molecule has 26 heavy (non-hydrogen) atoms. The molecule has 9 heteroatoms. The molecule has 0 spiro atoms. The molecule has 2 aliphatic rings. The Kier molecular flexibility index (Phi) is 3.44. The van der Waals surface area contributed by atoms with Gasteiger partial charge in [0.2, 0.25) is 0 Å². The lowest BCUT2D eigenvalue weighted by atomic mass is 10.0. The minimum absolute atomic E-state index is 0.121. The molecule has 2 saturated heterocycles. The first kappa shape index (κ1) is 15.1. The Bertz CT molecular complexity index is 955. The molecule has 0 aliphatic carbocycles. The van der Waals surface area contributed by atoms with E-state index in [1.54, 1.807) is 29.6 Å². The second-order valence-corrected chi connectivity index (χ2v) is 6.76. The summed E-state index contributed by atoms with van der Waals surface area (Å²) in [7, 11) is 0. The van der Waals surface area contributed by atoms with Gasteiger partial charge in [-0.15, -0.1) is 0 Å². The van der Waals surface area contributed by atoms with Crippen molar-refractivity contribution in [3.8, 4) is 5.82 Å². The van der Waals surface area contributed by atoms with Gasteiger partial charge in [-0.1, -0.05) is 0 Å². The first-order valence-corrected chi connectivity index (χ1v) is 8.63. The highest BCUT2D eigenvalue weighted by Gasteiger charge is 2.41. The molecule has 2 unspecified atom stereocenters. The molecule has 0 bridgehead atoms. The van der Waals surface area contributed by atoms with Crippen molar-refractivity contribution >= 4 is 11.6 Å². The number of rotatable bonds is 3. The molecule has 2 fully saturated rings. The molecule has 3 aromatic rings. The molecular weight excluding hydrogens is 332 g/mol. The lowest BCUT2D eigenvalue weighted by Gasteiger charge is -2.22. The third kappa shape index (κ3) is 2.52. The Balaban J connectivity index is 1.32. The van der Waals surface area contributed by atoms with Crippen molar-refractivity contribution in [3.05, 3.63) is 53.6 Å². The molecule has 0 saturated carbocycles. The van der Waals surface area contributed by atoms with Gasteiger partial charge in [0, 0.05) is 68.9 Å². The third-order valence-electron chi connectivity index (χ3n) is 5.18. The fourth-order valence-corrected chi connectivity index (χ4v) is 3.96. The summed E-state index contributed by atoms with van der Waals surface area (Å²) in [5, 5.41) is 4.22. The molecule has 132 valence electrons. The zero-order chi connectivity index (χ0) is 17.5. The predicted octanol–water partition coefficient (Wildman–Crippen LogP) is 0.318. The van der Waals surface area contributed by atoms with Crippen LogP contribution in [-0.2, 0) is 0 Å². The second kappa shape index (κ2) is 5.94. The maximum Gasteiger partial charge on any atom is 0.290 e. The third-order valence-corrected chi connectivity index (χ3v) is 5.18. The highest BCUT2D eigenvalue weighted by atomic mass is 16.1. The van der Waals surface area contributed by atoms with E-state index in [0.717, 1.165) is 37.8 Å². The number of nitrogens with one attached hydrogen (secondary N) is 1. The standard InChI is InChI=1S/C17H18N8O/c26-17-16(18-3-4-19-17)24-9-12-7-23(8-13(12)10-24)14-6-15(21-11-20-14)25-5-1-2-22-25/h1-6,11-13H,7-10H2,(H,19,26). The molecule has 2 aliphatic heterocycles. The van der Waals surface area contributed by atoms with Gasteiger partial charge in [0.1, 0.15) is 12.1 Å². The van der Waals surface area contributed by atoms with Crippen LogP contribution in [-0.4, -0.2) is 55.9 Å². The number of nitrogens with zero attached hydrogens (tertiary/aromatic N) is 7. The van der Waals surface area contributed by atoms with Gasteiger partial charge < -0.3 is 14.8 Å². The van der Waals surface area contributed by atoms with E-state index in [9.17, 15) is 4.79 Å². The molecule has 0 aromatic carbocycles. The zero-order valence-electron chi connectivity index (χ0n) is 14.1. The van der Waals surface area contributed by atoms with Crippen LogP contribution in [0, 0.1) is 11.8 Å². The van der Waals surface area contributed by atoms with Crippen LogP contribution in [0.5, 0.6) is 0 Å². The molecule has 1 N–H and O–H groups in total. The average Bonchev–Trinajstić information content (AvgIpc) is 3.38. The smallest absolute Gasteiger partial charge is 0.290 e. The number of H-pyrrole nitrogens is 1. The molecule has 5 rings (SSSR count). The summed E-state index contributed by atoms with van der Waals surface area (Å²) in [5.74, 6) is 3.20. The number of aromatic amines is 1. The molecule has 9 nitrogen and oxygen atoms in total. The summed E-state index contributed by atoms with van der Waals surface area (Å²) in [5.41, 5.74) is -0.121. The van der Waals surface area contributed by atoms with E-state index in [-0.39, 0.29) is 5.56 Å². The van der Waals surface area contributed by atoms with E-state index in [2.05, 4.69) is 34.8 Å². The highest BCUT2D eigenvalue weighted by Crippen LogP contribution is 2.34. The fourth-order valence-electron chi connectivity index (χ4n) is 3.96. The summed E-state index contributed by atoms with van der Waals surface area (Å²) in [6.45, 7) is 3.53. The molecule has 3 aromatic heterocycles. The zero-order valence-corrected chi connectivity index (χ0v) is 14.1. The first-order valence-electron chi connectivity index (χ1n) is 8.63. The highest BCUT2D eigenvalue weighted by molar-refractivity contribution is 5.46. The van der Waals surface area contributed by atoms with Gasteiger partial charge in [-0.2, -0.15) is 5.10 Å². The van der Waals surface area contributed by atoms with Crippen LogP contribution in [0.1, 0.15) is 0 Å². The number of anilines is 2. The van der Waals surface area contributed by atoms with Gasteiger partial charge in [-0.25, -0.2) is 19.6 Å². The van der Waals surface area contributed by atoms with Crippen molar-refractivity contribution in [1.82, 2.24) is 29.7 Å². The predicted molar refractivity (Wildman–Crippen MR) is 95.4 cm³/mol. The van der Waals surface area contributed by atoms with Crippen molar-refractivity contribution in [1.29, 1.82) is 0 Å². The van der Waals surface area contributed by atoms with Crippen LogP contribution >= 0.6 is 0 Å². The lowest BCUT2D eigenvalue weighted by molar-refractivity contribution is 0.533. The van der Waals surface area contributed by atoms with E-state index in [1.807, 2.05) is 18.3 Å². The number of hydrogen-bond donors (Lipinski definition) is 1. The summed E-state index contributed by atoms with van der Waals surface area (Å²) in [6, 6.07) is 3.84. The van der Waals surface area contributed by atoms with Gasteiger partial charge in [0.15, 0.2) is 11.6 Å². The molecular formula is C17H18N8O. The van der Waals surface area contributed by atoms with Crippen LogP contribution in [0.2, 0.25) is 0 Å². The number of fused-ring (bicyclic) bond motifs is 1. The normalized spacial score (nSPS) is 22.0. The van der Waals surface area contributed by atoms with Crippen molar-refractivity contribution in [3.63, 3.8) is 0 Å². The van der Waals surface area contributed by atoms with E-state index >= 15 is 0 Å². The van der Waals surface area contributed by atoms with E-state index in [4.69, 9.17) is 0 Å². The maximum atomic E-state index is 12.0. The Morgan fingerprint density at radius 3 is 2.46 bits per heavy atom. The molecule has 0 amide bonds. The summed E-state index contributed by atoms with van der Waals surface area (Å²) in [6.07, 6.45) is 8.38. The fraction of sp³-hybridized carbons (Fsp3) is 0.353. The van der Waals surface area contributed by atoms with Crippen molar-refractivity contribution in [2.24, 2.45) is 11.8 Å². The number of hydrogen-bond acceptors (Lipinski definition) is 7. The van der Waals surface area contributed by atoms with Crippen LogP contribution < -0.4 is 15.4 Å². The van der Waals surface area contributed by atoms with E-state index < -0.39 is 0 Å². The van der Waals surface area contributed by atoms with Crippen molar-refractivity contribution < 1.29 is 0 Å². The lowest BCUT2D eigenvalue weighted by Crippen LogP contribution is -2.32. The Hall–Kier alpha value is -3.23. The van der Waals surface area contributed by atoms with Crippen LogP contribution in [0.4, 0.5) is 11.6 Å². The van der Waals surface area contributed by atoms with Gasteiger partial charge in [0.25, 0.3) is 5.56 Å². The summed E-state index contributed by atoms with van der Waals surface area (Å²) >= 11 is 0. The minimum Gasteiger partial charge on any atom is -0.356 e. The van der Waals surface area contributed by atoms with Crippen LogP contribution in [0.3, 0.4) is 0 Å². The molecule has 2 atom stereocenters. The molecule has 0 radical (unpaired) electrons. The minimum atomic E-state index is -0.121. The van der Waals surface area contributed by atoms with Gasteiger partial charge >= 0.3 is 0 Å². The SMILES string of the molecule is O=c1[nH]ccnc1N1CC2CN(c3cc(-n4cccn4)ncn3)CC2C1. The van der Waals surface area contributed by atoms with E-state index in [0.29, 0.717) is 17.7 Å². The Morgan fingerprint density at radius 1 is 0.962 bits per heavy atom. The van der Waals surface area contributed by atoms with E-state index in [1.165, 1.54) is 0 Å². The topological polar surface area (TPSA) is 95.8 Å².